The van der Waals surface area contributed by atoms with E-state index in [1.54, 1.807) is 0 Å². The number of nitrogens with one attached hydrogen (secondary N) is 3. The lowest BCUT2D eigenvalue weighted by atomic mass is 9.89. The summed E-state index contributed by atoms with van der Waals surface area (Å²) in [7, 11) is 2.20. The number of aryl methyl sites for hydroxylation is 2. The quantitative estimate of drug-likeness (QED) is 0.162. The maximum Gasteiger partial charge on any atom is 0.229 e. The summed E-state index contributed by atoms with van der Waals surface area (Å²) in [5.74, 6) is 0.106. The second kappa shape index (κ2) is 16.4. The number of rotatable bonds is 13. The van der Waals surface area contributed by atoms with Crippen molar-refractivity contribution in [2.24, 2.45) is 5.92 Å². The van der Waals surface area contributed by atoms with Crippen LogP contribution in [-0.4, -0.2) is 70.9 Å². The van der Waals surface area contributed by atoms with Gasteiger partial charge in [-0.25, -0.2) is 9.67 Å². The molecule has 0 radical (unpaired) electrons. The number of benzene rings is 2. The number of ether oxygens (including phenoxy) is 1. The molecule has 4 aromatic rings. The van der Waals surface area contributed by atoms with Gasteiger partial charge in [0.25, 0.3) is 0 Å². The molecule has 2 amide bonds. The first kappa shape index (κ1) is 34.6. The Morgan fingerprint density at radius 3 is 2.27 bits per heavy atom. The number of amides is 2. The maximum absolute atomic E-state index is 13.0. The van der Waals surface area contributed by atoms with Gasteiger partial charge in [0.05, 0.1) is 17.3 Å². The molecule has 2 aromatic carbocycles. The number of anilines is 1. The lowest BCUT2D eigenvalue weighted by Gasteiger charge is -2.29. The van der Waals surface area contributed by atoms with Crippen LogP contribution in [0.3, 0.4) is 0 Å². The molecule has 2 aliphatic heterocycles. The minimum atomic E-state index is -0.323. The molecular formula is C39H51N7O3. The fourth-order valence-corrected chi connectivity index (χ4v) is 7.10. The number of fused-ring (bicyclic) bond motifs is 1. The van der Waals surface area contributed by atoms with Crippen LogP contribution in [0, 0.1) is 5.92 Å². The first-order valence-electron chi connectivity index (χ1n) is 18.0. The Morgan fingerprint density at radius 1 is 0.898 bits per heavy atom. The Bertz CT molecular complexity index is 1740. The van der Waals surface area contributed by atoms with Crippen molar-refractivity contribution in [2.75, 3.05) is 38.7 Å². The molecule has 4 heterocycles. The molecule has 0 bridgehead atoms. The van der Waals surface area contributed by atoms with E-state index in [1.807, 2.05) is 23.0 Å². The van der Waals surface area contributed by atoms with Gasteiger partial charge in [-0.05, 0) is 99.8 Å². The van der Waals surface area contributed by atoms with Gasteiger partial charge in [-0.2, -0.15) is 5.10 Å². The fraction of sp³-hybridized carbons (Fsp3) is 0.487. The van der Waals surface area contributed by atoms with Crippen molar-refractivity contribution in [3.63, 3.8) is 0 Å². The van der Waals surface area contributed by atoms with Crippen LogP contribution in [0.25, 0.3) is 22.2 Å². The summed E-state index contributed by atoms with van der Waals surface area (Å²) in [6.07, 6.45) is 7.75. The molecule has 49 heavy (non-hydrogen) atoms. The summed E-state index contributed by atoms with van der Waals surface area (Å²) in [5.41, 5.74) is 8.34. The summed E-state index contributed by atoms with van der Waals surface area (Å²) >= 11 is 0. The summed E-state index contributed by atoms with van der Waals surface area (Å²) in [5, 5.41) is 15.2. The Morgan fingerprint density at radius 2 is 1.57 bits per heavy atom. The van der Waals surface area contributed by atoms with Gasteiger partial charge in [0.1, 0.15) is 6.42 Å². The lowest BCUT2D eigenvalue weighted by molar-refractivity contribution is -0.129. The van der Waals surface area contributed by atoms with E-state index >= 15 is 0 Å². The Kier molecular flexibility index (Phi) is 11.6. The molecular weight excluding hydrogens is 614 g/mol. The standard InChI is InChI=1S/C39H51N7O3/c1-4-35-33(38(43-32-14-18-49-19-15-32)34-26-42-46(5-2)39(34)44-35)25-41-37(48)23-36(47)40-24-29-9-7-11-31(22-29)30-10-6-8-28(21-30)20-27-12-16-45(3)17-13-27/h6-11,21-22,26-27,32H,4-5,12-20,23-25H2,1-3H3,(H,40,47)(H,41,48)(H,43,44). The highest BCUT2D eigenvalue weighted by Gasteiger charge is 2.22. The normalized spacial score (nSPS) is 16.1. The highest BCUT2D eigenvalue weighted by Crippen LogP contribution is 2.31. The Labute approximate surface area is 290 Å². The van der Waals surface area contributed by atoms with Crippen molar-refractivity contribution in [1.29, 1.82) is 0 Å². The van der Waals surface area contributed by atoms with Gasteiger partial charge < -0.3 is 25.6 Å². The predicted octanol–water partition coefficient (Wildman–Crippen LogP) is 5.48. The molecule has 10 nitrogen and oxygen atoms in total. The third-order valence-corrected chi connectivity index (χ3v) is 10.00. The topological polar surface area (TPSA) is 113 Å². The number of nitrogens with zero attached hydrogens (tertiary/aromatic N) is 4. The first-order valence-corrected chi connectivity index (χ1v) is 18.0. The molecule has 260 valence electrons. The van der Waals surface area contributed by atoms with Crippen LogP contribution >= 0.6 is 0 Å². The molecule has 2 aliphatic rings. The summed E-state index contributed by atoms with van der Waals surface area (Å²) in [4.78, 5) is 33.3. The van der Waals surface area contributed by atoms with E-state index in [0.29, 0.717) is 13.0 Å². The zero-order valence-corrected chi connectivity index (χ0v) is 29.3. The zero-order valence-electron chi connectivity index (χ0n) is 29.3. The molecule has 0 unspecified atom stereocenters. The van der Waals surface area contributed by atoms with E-state index in [1.165, 1.54) is 37.1 Å². The third-order valence-electron chi connectivity index (χ3n) is 10.00. The number of piperidine rings is 1. The zero-order chi connectivity index (χ0) is 34.2. The molecule has 0 atom stereocenters. The summed E-state index contributed by atoms with van der Waals surface area (Å²) in [6.45, 7) is 9.27. The van der Waals surface area contributed by atoms with Crippen molar-refractivity contribution >= 4 is 28.5 Å². The number of aromatic nitrogens is 3. The fourth-order valence-electron chi connectivity index (χ4n) is 7.10. The van der Waals surface area contributed by atoms with Crippen LogP contribution < -0.4 is 16.0 Å². The minimum Gasteiger partial charge on any atom is -0.381 e. The second-order valence-electron chi connectivity index (χ2n) is 13.6. The maximum atomic E-state index is 13.0. The van der Waals surface area contributed by atoms with Crippen molar-refractivity contribution < 1.29 is 14.3 Å². The summed E-state index contributed by atoms with van der Waals surface area (Å²) in [6, 6.07) is 17.4. The molecule has 2 aromatic heterocycles. The van der Waals surface area contributed by atoms with E-state index in [-0.39, 0.29) is 30.8 Å². The molecule has 3 N–H and O–H groups in total. The Hall–Kier alpha value is -4.28. The minimum absolute atomic E-state index is 0.244. The van der Waals surface area contributed by atoms with E-state index in [9.17, 15) is 9.59 Å². The third kappa shape index (κ3) is 8.85. The highest BCUT2D eigenvalue weighted by atomic mass is 16.5. The Balaban J connectivity index is 1.05. The van der Waals surface area contributed by atoms with Crippen molar-refractivity contribution in [2.45, 2.75) is 84.5 Å². The first-order chi connectivity index (χ1) is 23.9. The monoisotopic (exact) mass is 665 g/mol. The van der Waals surface area contributed by atoms with Gasteiger partial charge in [-0.15, -0.1) is 0 Å². The van der Waals surface area contributed by atoms with Crippen LogP contribution in [0.1, 0.15) is 68.3 Å². The smallest absolute Gasteiger partial charge is 0.229 e. The molecule has 0 saturated carbocycles. The second-order valence-corrected chi connectivity index (χ2v) is 13.6. The number of likely N-dealkylation sites (tertiary alicyclic amines) is 1. The van der Waals surface area contributed by atoms with Crippen LogP contribution in [-0.2, 0) is 46.8 Å². The van der Waals surface area contributed by atoms with Gasteiger partial charge in [0.15, 0.2) is 5.65 Å². The highest BCUT2D eigenvalue weighted by molar-refractivity contribution is 5.97. The van der Waals surface area contributed by atoms with Crippen LogP contribution in [0.5, 0.6) is 0 Å². The number of carbonyl (C=O) groups is 2. The van der Waals surface area contributed by atoms with Gasteiger partial charge >= 0.3 is 0 Å². The molecule has 0 aliphatic carbocycles. The molecule has 2 fully saturated rings. The molecule has 6 rings (SSSR count). The number of hydrogen-bond donors (Lipinski definition) is 3. The van der Waals surface area contributed by atoms with Gasteiger partial charge in [0.2, 0.25) is 11.8 Å². The van der Waals surface area contributed by atoms with Gasteiger partial charge in [-0.1, -0.05) is 49.4 Å². The summed E-state index contributed by atoms with van der Waals surface area (Å²) < 4.78 is 7.48. The van der Waals surface area contributed by atoms with Crippen molar-refractivity contribution in [1.82, 2.24) is 30.3 Å². The SMILES string of the molecule is CCc1nc2c(cnn2CC)c(NC2CCOCC2)c1CNC(=O)CC(=O)NCc1cccc(-c2cccc(CC3CCN(C)CC3)c2)c1. The molecule has 10 heteroatoms. The van der Waals surface area contributed by atoms with Gasteiger partial charge in [-0.3, -0.25) is 9.59 Å². The lowest BCUT2D eigenvalue weighted by Crippen LogP contribution is -2.32. The molecule has 2 saturated heterocycles. The van der Waals surface area contributed by atoms with E-state index < -0.39 is 0 Å². The van der Waals surface area contributed by atoms with E-state index in [2.05, 4.69) is 83.2 Å². The van der Waals surface area contributed by atoms with E-state index in [0.717, 1.165) is 84.0 Å². The predicted molar refractivity (Wildman–Crippen MR) is 194 cm³/mol. The van der Waals surface area contributed by atoms with Gasteiger partial charge in [0, 0.05) is 50.1 Å². The number of hydrogen-bond acceptors (Lipinski definition) is 7. The largest absolute Gasteiger partial charge is 0.381 e. The average molecular weight is 666 g/mol. The van der Waals surface area contributed by atoms with E-state index in [4.69, 9.17) is 9.72 Å². The van der Waals surface area contributed by atoms with Crippen LogP contribution in [0.2, 0.25) is 0 Å². The van der Waals surface area contributed by atoms with Crippen LogP contribution in [0.15, 0.2) is 54.7 Å². The number of carbonyl (C=O) groups excluding carboxylic acids is 2. The number of pyridine rings is 1. The van der Waals surface area contributed by atoms with Crippen molar-refractivity contribution in [3.05, 3.63) is 77.1 Å². The van der Waals surface area contributed by atoms with Crippen molar-refractivity contribution in [3.8, 4) is 11.1 Å². The van der Waals surface area contributed by atoms with Crippen LogP contribution in [0.4, 0.5) is 5.69 Å². The average Bonchev–Trinajstić information content (AvgIpc) is 3.54. The molecule has 0 spiro atoms.